The fraction of sp³-hybridized carbons (Fsp3) is 0.250. The van der Waals surface area contributed by atoms with Gasteiger partial charge in [0.15, 0.2) is 0 Å². The number of rotatable bonds is 4. The zero-order chi connectivity index (χ0) is 14.1. The molecule has 0 saturated carbocycles. The monoisotopic (exact) mass is 370 g/mol. The van der Waals surface area contributed by atoms with Crippen molar-refractivity contribution in [3.05, 3.63) is 63.1 Å². The molecule has 3 rings (SSSR count). The molecule has 1 nitrogen and oxygen atoms in total. The standard InChI is InChI=1S/C16H13BrCl2O/c17-8-11-6-13(18)7-15(19)16(11)20-9-12-5-10-3-1-2-4-14(10)12/h1-4,6-7,12H,5,8-9H2. The van der Waals surface area contributed by atoms with Crippen LogP contribution in [0.1, 0.15) is 22.6 Å². The number of ether oxygens (including phenoxy) is 1. The fourth-order valence-corrected chi connectivity index (χ4v) is 3.58. The van der Waals surface area contributed by atoms with E-state index in [1.54, 1.807) is 6.07 Å². The van der Waals surface area contributed by atoms with Gasteiger partial charge in [-0.3, -0.25) is 0 Å². The molecule has 0 fully saturated rings. The van der Waals surface area contributed by atoms with Crippen LogP contribution in [0.25, 0.3) is 0 Å². The van der Waals surface area contributed by atoms with E-state index in [9.17, 15) is 0 Å². The summed E-state index contributed by atoms with van der Waals surface area (Å²) < 4.78 is 5.95. The molecular formula is C16H13BrCl2O. The van der Waals surface area contributed by atoms with Gasteiger partial charge in [0.25, 0.3) is 0 Å². The lowest BCUT2D eigenvalue weighted by Gasteiger charge is -2.30. The quantitative estimate of drug-likeness (QED) is 0.635. The molecule has 2 aromatic carbocycles. The molecule has 2 aromatic rings. The maximum Gasteiger partial charge on any atom is 0.142 e. The van der Waals surface area contributed by atoms with Gasteiger partial charge in [-0.15, -0.1) is 0 Å². The SMILES string of the molecule is Clc1cc(Cl)c(OCC2Cc3ccccc32)c(CBr)c1. The highest BCUT2D eigenvalue weighted by Crippen LogP contribution is 2.38. The van der Waals surface area contributed by atoms with Gasteiger partial charge in [0, 0.05) is 21.8 Å². The van der Waals surface area contributed by atoms with Crippen LogP contribution in [0.4, 0.5) is 0 Å². The van der Waals surface area contributed by atoms with Crippen molar-refractivity contribution in [1.82, 2.24) is 0 Å². The van der Waals surface area contributed by atoms with Crippen LogP contribution in [0.2, 0.25) is 10.0 Å². The van der Waals surface area contributed by atoms with Crippen molar-refractivity contribution in [3.8, 4) is 5.75 Å². The van der Waals surface area contributed by atoms with Crippen molar-refractivity contribution in [2.75, 3.05) is 6.61 Å². The van der Waals surface area contributed by atoms with Crippen LogP contribution in [0.3, 0.4) is 0 Å². The molecule has 1 atom stereocenters. The number of hydrogen-bond donors (Lipinski definition) is 0. The van der Waals surface area contributed by atoms with Gasteiger partial charge in [-0.25, -0.2) is 0 Å². The molecule has 0 radical (unpaired) electrons. The molecule has 4 heteroatoms. The normalized spacial score (nSPS) is 16.4. The molecule has 104 valence electrons. The largest absolute Gasteiger partial charge is 0.491 e. The third-order valence-corrected chi connectivity index (χ3v) is 4.72. The third kappa shape index (κ3) is 2.69. The summed E-state index contributed by atoms with van der Waals surface area (Å²) in [7, 11) is 0. The van der Waals surface area contributed by atoms with E-state index in [2.05, 4.69) is 40.2 Å². The van der Waals surface area contributed by atoms with E-state index >= 15 is 0 Å². The van der Waals surface area contributed by atoms with Crippen molar-refractivity contribution in [2.24, 2.45) is 0 Å². The maximum atomic E-state index is 6.23. The van der Waals surface area contributed by atoms with E-state index in [-0.39, 0.29) is 0 Å². The van der Waals surface area contributed by atoms with Gasteiger partial charge in [0.2, 0.25) is 0 Å². The Kier molecular flexibility index (Phi) is 4.25. The maximum absolute atomic E-state index is 6.23. The molecule has 0 aliphatic heterocycles. The van der Waals surface area contributed by atoms with E-state index in [0.29, 0.717) is 27.9 Å². The minimum absolute atomic E-state index is 0.459. The zero-order valence-corrected chi connectivity index (χ0v) is 13.8. The molecule has 0 heterocycles. The second-order valence-electron chi connectivity index (χ2n) is 4.92. The van der Waals surface area contributed by atoms with E-state index in [4.69, 9.17) is 27.9 Å². The summed E-state index contributed by atoms with van der Waals surface area (Å²) in [5, 5.41) is 1.87. The first-order chi connectivity index (χ1) is 9.69. The summed E-state index contributed by atoms with van der Waals surface area (Å²) in [6.45, 7) is 0.651. The number of benzene rings is 2. The average Bonchev–Trinajstić information content (AvgIpc) is 2.41. The summed E-state index contributed by atoms with van der Waals surface area (Å²) in [5.74, 6) is 1.19. The van der Waals surface area contributed by atoms with Crippen molar-refractivity contribution in [2.45, 2.75) is 17.7 Å². The number of fused-ring (bicyclic) bond motifs is 1. The third-order valence-electron chi connectivity index (χ3n) is 3.62. The highest BCUT2D eigenvalue weighted by Gasteiger charge is 2.26. The molecule has 1 aliphatic rings. The predicted molar refractivity (Wildman–Crippen MR) is 87.5 cm³/mol. The van der Waals surface area contributed by atoms with Crippen LogP contribution in [0, 0.1) is 0 Å². The summed E-state index contributed by atoms with van der Waals surface area (Å²) in [6, 6.07) is 12.1. The Balaban J connectivity index is 1.74. The van der Waals surface area contributed by atoms with Crippen LogP contribution in [0.15, 0.2) is 36.4 Å². The first kappa shape index (κ1) is 14.2. The first-order valence-electron chi connectivity index (χ1n) is 6.43. The molecule has 1 unspecified atom stereocenters. The van der Waals surface area contributed by atoms with Crippen LogP contribution in [-0.4, -0.2) is 6.61 Å². The Bertz CT molecular complexity index is 642. The average molecular weight is 372 g/mol. The smallest absolute Gasteiger partial charge is 0.142 e. The lowest BCUT2D eigenvalue weighted by Crippen LogP contribution is -2.23. The Labute approximate surface area is 137 Å². The molecule has 0 amide bonds. The Hall–Kier alpha value is -0.700. The van der Waals surface area contributed by atoms with Gasteiger partial charge >= 0.3 is 0 Å². The van der Waals surface area contributed by atoms with Gasteiger partial charge in [0.05, 0.1) is 11.6 Å². The van der Waals surface area contributed by atoms with E-state index < -0.39 is 0 Å². The van der Waals surface area contributed by atoms with Gasteiger partial charge < -0.3 is 4.74 Å². The summed E-state index contributed by atoms with van der Waals surface area (Å²) in [6.07, 6.45) is 1.07. The van der Waals surface area contributed by atoms with Crippen molar-refractivity contribution >= 4 is 39.1 Å². The Morgan fingerprint density at radius 2 is 2.00 bits per heavy atom. The second kappa shape index (κ2) is 5.97. The lowest BCUT2D eigenvalue weighted by atomic mass is 9.78. The van der Waals surface area contributed by atoms with Gasteiger partial charge in [-0.05, 0) is 29.7 Å². The van der Waals surface area contributed by atoms with Crippen molar-refractivity contribution < 1.29 is 4.74 Å². The Morgan fingerprint density at radius 3 is 2.75 bits per heavy atom. The second-order valence-corrected chi connectivity index (χ2v) is 6.32. The molecule has 20 heavy (non-hydrogen) atoms. The summed E-state index contributed by atoms with van der Waals surface area (Å²) >= 11 is 15.7. The number of halogens is 3. The zero-order valence-electron chi connectivity index (χ0n) is 10.7. The minimum atomic E-state index is 0.459. The molecule has 1 aliphatic carbocycles. The summed E-state index contributed by atoms with van der Waals surface area (Å²) in [4.78, 5) is 0. The number of hydrogen-bond acceptors (Lipinski definition) is 1. The van der Waals surface area contributed by atoms with Gasteiger partial charge in [0.1, 0.15) is 5.75 Å². The molecule has 0 bridgehead atoms. The molecule has 0 aromatic heterocycles. The van der Waals surface area contributed by atoms with Crippen molar-refractivity contribution in [3.63, 3.8) is 0 Å². The molecule has 0 saturated heterocycles. The van der Waals surface area contributed by atoms with Gasteiger partial charge in [-0.2, -0.15) is 0 Å². The van der Waals surface area contributed by atoms with Crippen LogP contribution in [0.5, 0.6) is 5.75 Å². The van der Waals surface area contributed by atoms with E-state index in [0.717, 1.165) is 17.7 Å². The van der Waals surface area contributed by atoms with Crippen LogP contribution < -0.4 is 4.74 Å². The molecule has 0 N–H and O–H groups in total. The minimum Gasteiger partial charge on any atom is -0.491 e. The van der Waals surface area contributed by atoms with Crippen LogP contribution in [-0.2, 0) is 11.8 Å². The molecule has 0 spiro atoms. The topological polar surface area (TPSA) is 9.23 Å². The fourth-order valence-electron chi connectivity index (χ4n) is 2.57. The highest BCUT2D eigenvalue weighted by molar-refractivity contribution is 9.08. The highest BCUT2D eigenvalue weighted by atomic mass is 79.9. The predicted octanol–water partition coefficient (Wildman–Crippen LogP) is 5.61. The summed E-state index contributed by atoms with van der Waals surface area (Å²) in [5.41, 5.74) is 3.79. The van der Waals surface area contributed by atoms with Crippen LogP contribution >= 0.6 is 39.1 Å². The number of alkyl halides is 1. The Morgan fingerprint density at radius 1 is 1.20 bits per heavy atom. The lowest BCUT2D eigenvalue weighted by molar-refractivity contribution is 0.274. The van der Waals surface area contributed by atoms with Crippen molar-refractivity contribution in [1.29, 1.82) is 0 Å². The molecular weight excluding hydrogens is 359 g/mol. The van der Waals surface area contributed by atoms with E-state index in [1.165, 1.54) is 11.1 Å². The van der Waals surface area contributed by atoms with E-state index in [1.807, 2.05) is 6.07 Å². The first-order valence-corrected chi connectivity index (χ1v) is 8.31. The van der Waals surface area contributed by atoms with Gasteiger partial charge in [-0.1, -0.05) is 63.4 Å².